The molecule has 1 aromatic heterocycles. The molecule has 1 aromatic carbocycles. The van der Waals surface area contributed by atoms with Crippen LogP contribution in [0.25, 0.3) is 11.1 Å². The number of carbonyl (C=O) groups excluding carboxylic acids is 1. The van der Waals surface area contributed by atoms with Crippen LogP contribution < -0.4 is 10.6 Å². The summed E-state index contributed by atoms with van der Waals surface area (Å²) in [6.07, 6.45) is 0.209. The van der Waals surface area contributed by atoms with E-state index in [1.54, 1.807) is 24.3 Å². The van der Waals surface area contributed by atoms with Gasteiger partial charge in [-0.05, 0) is 17.7 Å². The zero-order valence-electron chi connectivity index (χ0n) is 10.8. The number of nitrogens with one attached hydrogen (secondary N) is 2. The molecule has 1 heterocycles. The summed E-state index contributed by atoms with van der Waals surface area (Å²) in [5.41, 5.74) is 1.34. The number of nitrogens with zero attached hydrogens (tertiary/aromatic N) is 1. The molecule has 0 bridgehead atoms. The lowest BCUT2D eigenvalue weighted by molar-refractivity contribution is 0.0944. The molecule has 21 heavy (non-hydrogen) atoms. The van der Waals surface area contributed by atoms with Crippen molar-refractivity contribution < 1.29 is 19.2 Å². The van der Waals surface area contributed by atoms with E-state index in [4.69, 9.17) is 21.2 Å². The van der Waals surface area contributed by atoms with Crippen molar-refractivity contribution in [2.24, 2.45) is 0 Å². The molecule has 0 aliphatic heterocycles. The number of benzene rings is 1. The first-order chi connectivity index (χ1) is 10.1. The van der Waals surface area contributed by atoms with Crippen LogP contribution in [0.1, 0.15) is 10.5 Å². The Bertz CT molecular complexity index is 656. The van der Waals surface area contributed by atoms with Crippen LogP contribution in [-0.4, -0.2) is 35.4 Å². The van der Waals surface area contributed by atoms with E-state index in [0.29, 0.717) is 16.1 Å². The number of hydrogen-bond acceptors (Lipinski definition) is 4. The maximum absolute atomic E-state index is 12.0. The Morgan fingerprint density at radius 2 is 2.05 bits per heavy atom. The Morgan fingerprint density at radius 3 is 2.76 bits per heavy atom. The predicted octanol–water partition coefficient (Wildman–Crippen LogP) is 1.99. The average Bonchev–Trinajstić information content (AvgIpc) is 2.92. The minimum atomic E-state index is -1.15. The van der Waals surface area contributed by atoms with Gasteiger partial charge in [0.15, 0.2) is 5.69 Å². The lowest BCUT2D eigenvalue weighted by Gasteiger charge is -2.05. The van der Waals surface area contributed by atoms with Gasteiger partial charge in [-0.3, -0.25) is 4.79 Å². The molecule has 110 valence electrons. The fourth-order valence-corrected chi connectivity index (χ4v) is 1.88. The van der Waals surface area contributed by atoms with E-state index in [1.807, 2.05) is 0 Å². The smallest absolute Gasteiger partial charge is 0.404 e. The largest absolute Gasteiger partial charge is 0.465 e. The molecule has 0 aliphatic carbocycles. The van der Waals surface area contributed by atoms with Gasteiger partial charge in [-0.25, -0.2) is 4.79 Å². The first-order valence-corrected chi connectivity index (χ1v) is 6.41. The molecule has 0 saturated carbocycles. The van der Waals surface area contributed by atoms with E-state index in [-0.39, 0.29) is 18.8 Å². The highest BCUT2D eigenvalue weighted by Gasteiger charge is 2.17. The van der Waals surface area contributed by atoms with Crippen molar-refractivity contribution >= 4 is 23.6 Å². The summed E-state index contributed by atoms with van der Waals surface area (Å²) >= 11 is 5.91. The lowest BCUT2D eigenvalue weighted by Crippen LogP contribution is -2.34. The third-order valence-electron chi connectivity index (χ3n) is 2.61. The molecule has 8 heteroatoms. The van der Waals surface area contributed by atoms with Gasteiger partial charge in [0.25, 0.3) is 5.91 Å². The molecule has 0 aliphatic rings. The lowest BCUT2D eigenvalue weighted by atomic mass is 10.1. The van der Waals surface area contributed by atoms with Crippen LogP contribution in [-0.2, 0) is 0 Å². The summed E-state index contributed by atoms with van der Waals surface area (Å²) in [4.78, 5) is 22.3. The minimum Gasteiger partial charge on any atom is -0.465 e. The molecule has 0 fully saturated rings. The number of hydrogen-bond donors (Lipinski definition) is 3. The summed E-state index contributed by atoms with van der Waals surface area (Å²) in [6, 6.07) is 6.94. The van der Waals surface area contributed by atoms with Crippen molar-refractivity contribution in [3.63, 3.8) is 0 Å². The van der Waals surface area contributed by atoms with Crippen LogP contribution in [0.4, 0.5) is 4.79 Å². The first kappa shape index (κ1) is 14.9. The van der Waals surface area contributed by atoms with Gasteiger partial charge in [0.1, 0.15) is 6.26 Å². The molecule has 7 nitrogen and oxygen atoms in total. The molecule has 2 aromatic rings. The van der Waals surface area contributed by atoms with Crippen molar-refractivity contribution in [1.29, 1.82) is 0 Å². The van der Waals surface area contributed by atoms with Crippen molar-refractivity contribution in [3.8, 4) is 11.1 Å². The Hall–Kier alpha value is -2.54. The summed E-state index contributed by atoms with van der Waals surface area (Å²) in [5, 5.41) is 17.3. The maximum atomic E-state index is 12.0. The van der Waals surface area contributed by atoms with Crippen molar-refractivity contribution in [3.05, 3.63) is 41.2 Å². The van der Waals surface area contributed by atoms with Gasteiger partial charge in [-0.2, -0.15) is 0 Å². The first-order valence-electron chi connectivity index (χ1n) is 6.03. The molecule has 0 spiro atoms. The Kier molecular flexibility index (Phi) is 4.78. The fraction of sp³-hybridized carbons (Fsp3) is 0.154. The number of aromatic nitrogens is 1. The van der Waals surface area contributed by atoms with Gasteiger partial charge in [0, 0.05) is 18.1 Å². The van der Waals surface area contributed by atoms with Crippen LogP contribution >= 0.6 is 11.6 Å². The van der Waals surface area contributed by atoms with Crippen LogP contribution in [0, 0.1) is 0 Å². The Morgan fingerprint density at radius 1 is 1.29 bits per heavy atom. The fourth-order valence-electron chi connectivity index (χ4n) is 1.69. The van der Waals surface area contributed by atoms with Crippen LogP contribution in [0.3, 0.4) is 0 Å². The predicted molar refractivity (Wildman–Crippen MR) is 75.3 cm³/mol. The van der Waals surface area contributed by atoms with Gasteiger partial charge in [-0.15, -0.1) is 0 Å². The number of halogens is 1. The van der Waals surface area contributed by atoms with Gasteiger partial charge in [0.05, 0.1) is 5.56 Å². The topological polar surface area (TPSA) is 104 Å². The van der Waals surface area contributed by atoms with E-state index < -0.39 is 12.0 Å². The third kappa shape index (κ3) is 3.96. The van der Waals surface area contributed by atoms with Crippen LogP contribution in [0.15, 0.2) is 35.1 Å². The molecule has 3 N–H and O–H groups in total. The van der Waals surface area contributed by atoms with E-state index in [2.05, 4.69) is 15.8 Å². The molecule has 2 rings (SSSR count). The summed E-state index contributed by atoms with van der Waals surface area (Å²) in [7, 11) is 0. The van der Waals surface area contributed by atoms with Crippen molar-refractivity contribution in [1.82, 2.24) is 15.8 Å². The highest BCUT2D eigenvalue weighted by atomic mass is 35.5. The zero-order valence-corrected chi connectivity index (χ0v) is 11.6. The second-order valence-corrected chi connectivity index (χ2v) is 4.51. The molecule has 0 unspecified atom stereocenters. The van der Waals surface area contributed by atoms with Crippen molar-refractivity contribution in [2.45, 2.75) is 0 Å². The van der Waals surface area contributed by atoms with Crippen molar-refractivity contribution in [2.75, 3.05) is 13.1 Å². The number of carboxylic acid groups (broad SMARTS) is 1. The van der Waals surface area contributed by atoms with Crippen LogP contribution in [0.2, 0.25) is 5.02 Å². The Labute approximate surface area is 124 Å². The summed E-state index contributed by atoms with van der Waals surface area (Å²) in [6.45, 7) is 0.248. The maximum Gasteiger partial charge on any atom is 0.404 e. The quantitative estimate of drug-likeness (QED) is 0.733. The van der Waals surface area contributed by atoms with Gasteiger partial charge in [0.2, 0.25) is 0 Å². The molecular formula is C13H12ClN3O4. The highest BCUT2D eigenvalue weighted by molar-refractivity contribution is 6.30. The van der Waals surface area contributed by atoms with E-state index in [9.17, 15) is 9.59 Å². The molecule has 0 atom stereocenters. The normalized spacial score (nSPS) is 10.1. The molecule has 2 amide bonds. The van der Waals surface area contributed by atoms with Gasteiger partial charge in [-0.1, -0.05) is 28.9 Å². The van der Waals surface area contributed by atoms with Gasteiger partial charge >= 0.3 is 6.09 Å². The molecule has 0 radical (unpaired) electrons. The molecule has 0 saturated heterocycles. The SMILES string of the molecule is O=C(O)NCCNC(=O)c1nocc1-c1cccc(Cl)c1. The van der Waals surface area contributed by atoms with E-state index in [0.717, 1.165) is 0 Å². The standard InChI is InChI=1S/C13H12ClN3O4/c14-9-3-1-2-8(6-9)10-7-21-17-11(10)12(18)15-4-5-16-13(19)20/h1-3,6-7,16H,4-5H2,(H,15,18)(H,19,20). The molecular weight excluding hydrogens is 298 g/mol. The minimum absolute atomic E-state index is 0.103. The number of amides is 2. The van der Waals surface area contributed by atoms with E-state index >= 15 is 0 Å². The average molecular weight is 310 g/mol. The Balaban J connectivity index is 2.06. The summed E-state index contributed by atoms with van der Waals surface area (Å²) < 4.78 is 4.84. The number of carbonyl (C=O) groups is 2. The summed E-state index contributed by atoms with van der Waals surface area (Å²) in [5.74, 6) is -0.453. The second-order valence-electron chi connectivity index (χ2n) is 4.08. The highest BCUT2D eigenvalue weighted by Crippen LogP contribution is 2.25. The number of rotatable bonds is 5. The zero-order chi connectivity index (χ0) is 15.2. The van der Waals surface area contributed by atoms with E-state index in [1.165, 1.54) is 6.26 Å². The third-order valence-corrected chi connectivity index (χ3v) is 2.84. The van der Waals surface area contributed by atoms with Gasteiger partial charge < -0.3 is 20.3 Å². The monoisotopic (exact) mass is 309 g/mol. The van der Waals surface area contributed by atoms with Crippen LogP contribution in [0.5, 0.6) is 0 Å². The second kappa shape index (κ2) is 6.76.